The summed E-state index contributed by atoms with van der Waals surface area (Å²) in [6.07, 6.45) is 22.9. The summed E-state index contributed by atoms with van der Waals surface area (Å²) in [5.74, 6) is 0. The molecule has 0 saturated heterocycles. The molecule has 0 amide bonds. The van der Waals surface area contributed by atoms with E-state index in [2.05, 4.69) is 58.2 Å². The third-order valence-corrected chi connectivity index (χ3v) is 8.64. The first kappa shape index (κ1) is 33.0. The maximum absolute atomic E-state index is 10.8. The van der Waals surface area contributed by atoms with E-state index in [9.17, 15) is 9.46 Å². The van der Waals surface area contributed by atoms with Crippen LogP contribution in [0.2, 0.25) is 0 Å². The Labute approximate surface area is 229 Å². The molecule has 0 spiro atoms. The van der Waals surface area contributed by atoms with E-state index >= 15 is 0 Å². The summed E-state index contributed by atoms with van der Waals surface area (Å²) in [4.78, 5) is 46.3. The summed E-state index contributed by atoms with van der Waals surface area (Å²) in [6, 6.07) is 8.67. The topological polar surface area (TPSA) is 129 Å². The van der Waals surface area contributed by atoms with Crippen molar-refractivity contribution in [2.75, 3.05) is 12.3 Å². The highest BCUT2D eigenvalue weighted by Crippen LogP contribution is 2.40. The minimum atomic E-state index is -3.82. The molecule has 0 aromatic carbocycles. The Bertz CT molecular complexity index is 930. The van der Waals surface area contributed by atoms with Crippen molar-refractivity contribution in [3.8, 4) is 11.1 Å². The molecular formula is C28H48N2O6P2+2. The van der Waals surface area contributed by atoms with Crippen LogP contribution in [0.25, 0.3) is 11.1 Å². The zero-order chi connectivity index (χ0) is 27.7. The molecule has 2 aromatic heterocycles. The molecule has 0 bridgehead atoms. The molecule has 0 radical (unpaired) electrons. The van der Waals surface area contributed by atoms with Crippen LogP contribution in [0.15, 0.2) is 49.1 Å². The molecular weight excluding hydrogens is 522 g/mol. The van der Waals surface area contributed by atoms with E-state index in [-0.39, 0.29) is 12.3 Å². The van der Waals surface area contributed by atoms with E-state index in [4.69, 9.17) is 19.6 Å². The molecule has 0 fully saturated rings. The van der Waals surface area contributed by atoms with Gasteiger partial charge in [0.1, 0.15) is 19.3 Å². The third kappa shape index (κ3) is 16.7. The summed E-state index contributed by atoms with van der Waals surface area (Å²) >= 11 is 0. The summed E-state index contributed by atoms with van der Waals surface area (Å²) in [5, 5.41) is 0. The van der Waals surface area contributed by atoms with Crippen LogP contribution in [0.3, 0.4) is 0 Å². The molecule has 38 heavy (non-hydrogen) atoms. The van der Waals surface area contributed by atoms with Gasteiger partial charge >= 0.3 is 7.60 Å². The molecule has 0 aliphatic rings. The maximum atomic E-state index is 10.8. The van der Waals surface area contributed by atoms with E-state index in [1.165, 1.54) is 36.8 Å². The van der Waals surface area contributed by atoms with Crippen LogP contribution in [-0.4, -0.2) is 31.9 Å². The van der Waals surface area contributed by atoms with E-state index < -0.39 is 15.5 Å². The fourth-order valence-corrected chi connectivity index (χ4v) is 5.86. The second kappa shape index (κ2) is 18.2. The highest BCUT2D eigenvalue weighted by atomic mass is 31.2. The second-order valence-corrected chi connectivity index (χ2v) is 13.9. The van der Waals surface area contributed by atoms with E-state index in [1.807, 2.05) is 0 Å². The normalized spacial score (nSPS) is 12.2. The maximum Gasteiger partial charge on any atom is 0.325 e. The Hall–Kier alpha value is -1.24. The van der Waals surface area contributed by atoms with Crippen molar-refractivity contribution < 1.29 is 38.2 Å². The van der Waals surface area contributed by atoms with Crippen molar-refractivity contribution >= 4 is 15.5 Å². The first-order valence-electron chi connectivity index (χ1n) is 14.2. The molecule has 0 saturated carbocycles. The zero-order valence-electron chi connectivity index (χ0n) is 22.7. The van der Waals surface area contributed by atoms with Gasteiger partial charge in [0.15, 0.2) is 24.8 Å². The first-order valence-corrected chi connectivity index (χ1v) is 17.8. The molecule has 8 nitrogen and oxygen atoms in total. The van der Waals surface area contributed by atoms with Gasteiger partial charge in [0.05, 0.1) is 0 Å². The molecule has 0 aliphatic heterocycles. The molecule has 0 aliphatic carbocycles. The van der Waals surface area contributed by atoms with Gasteiger partial charge in [0.25, 0.3) is 0 Å². The fourth-order valence-electron chi connectivity index (χ4n) is 4.59. The first-order chi connectivity index (χ1) is 18.1. The number of rotatable bonds is 21. The summed E-state index contributed by atoms with van der Waals surface area (Å²) in [7, 11) is -7.65. The zero-order valence-corrected chi connectivity index (χ0v) is 24.5. The van der Waals surface area contributed by atoms with Gasteiger partial charge in [-0.25, -0.2) is 18.9 Å². The lowest BCUT2D eigenvalue weighted by Gasteiger charge is -2.14. The van der Waals surface area contributed by atoms with Crippen LogP contribution in [0.4, 0.5) is 0 Å². The number of aromatic nitrogens is 2. The summed E-state index contributed by atoms with van der Waals surface area (Å²) < 4.78 is 15.3. The SMILES string of the molecule is O=P(O)(O)CCCCCCCCC[n+]1ccc(-c2cc[n+](CCCCCCCCC[P+]([O-])(O)O)cc2)cc1. The average molecular weight is 571 g/mol. The molecule has 214 valence electrons. The molecule has 0 unspecified atom stereocenters. The van der Waals surface area contributed by atoms with Crippen molar-refractivity contribution in [2.24, 2.45) is 0 Å². The smallest absolute Gasteiger partial charge is 0.325 e. The van der Waals surface area contributed by atoms with Gasteiger partial charge in [-0.1, -0.05) is 44.9 Å². The van der Waals surface area contributed by atoms with Gasteiger partial charge in [-0.3, -0.25) is 4.57 Å². The van der Waals surface area contributed by atoms with Crippen molar-refractivity contribution in [3.63, 3.8) is 0 Å². The van der Waals surface area contributed by atoms with Crippen LogP contribution in [0.5, 0.6) is 0 Å². The van der Waals surface area contributed by atoms with Crippen LogP contribution >= 0.6 is 15.5 Å². The van der Waals surface area contributed by atoms with Gasteiger partial charge in [-0.05, 0) is 43.2 Å². The molecule has 2 heterocycles. The third-order valence-electron chi connectivity index (χ3n) is 6.85. The number of pyridine rings is 2. The number of nitrogens with zero attached hydrogens (tertiary/aromatic N) is 2. The fraction of sp³-hybridized carbons (Fsp3) is 0.643. The van der Waals surface area contributed by atoms with Crippen LogP contribution in [0, 0.1) is 0 Å². The Balaban J connectivity index is 1.54. The number of aryl methyl sites for hydroxylation is 2. The van der Waals surface area contributed by atoms with E-state index in [0.29, 0.717) is 12.8 Å². The molecule has 2 aromatic rings. The van der Waals surface area contributed by atoms with Gasteiger partial charge in [0.2, 0.25) is 7.94 Å². The minimum absolute atomic E-state index is 0.0128. The number of hydrogen-bond donors (Lipinski definition) is 4. The predicted molar refractivity (Wildman–Crippen MR) is 150 cm³/mol. The highest BCUT2D eigenvalue weighted by molar-refractivity contribution is 7.57. The van der Waals surface area contributed by atoms with Crippen molar-refractivity contribution in [1.82, 2.24) is 0 Å². The number of unbranched alkanes of at least 4 members (excludes halogenated alkanes) is 12. The monoisotopic (exact) mass is 570 g/mol. The Morgan fingerprint density at radius 1 is 0.605 bits per heavy atom. The molecule has 10 heteroatoms. The Morgan fingerprint density at radius 3 is 1.32 bits per heavy atom. The average Bonchev–Trinajstić information content (AvgIpc) is 2.86. The lowest BCUT2D eigenvalue weighted by Crippen LogP contribution is -2.33. The molecule has 2 rings (SSSR count). The Kier molecular flexibility index (Phi) is 15.8. The lowest BCUT2D eigenvalue weighted by atomic mass is 10.1. The van der Waals surface area contributed by atoms with Crippen molar-refractivity contribution in [1.29, 1.82) is 0 Å². The predicted octanol–water partition coefficient (Wildman–Crippen LogP) is 4.68. The van der Waals surface area contributed by atoms with Crippen LogP contribution in [0.1, 0.15) is 89.9 Å². The number of hydrogen-bond acceptors (Lipinski definition) is 4. The largest absolute Gasteiger partial charge is 0.632 e. The van der Waals surface area contributed by atoms with Gasteiger partial charge in [-0.15, -0.1) is 0 Å². The quantitative estimate of drug-likeness (QED) is 0.0981. The lowest BCUT2D eigenvalue weighted by molar-refractivity contribution is -0.697. The van der Waals surface area contributed by atoms with E-state index in [1.54, 1.807) is 0 Å². The molecule has 0 atom stereocenters. The minimum Gasteiger partial charge on any atom is -0.632 e. The van der Waals surface area contributed by atoms with Crippen LogP contribution < -0.4 is 14.0 Å². The van der Waals surface area contributed by atoms with E-state index in [0.717, 1.165) is 64.5 Å². The molecule has 4 N–H and O–H groups in total. The summed E-state index contributed by atoms with van der Waals surface area (Å²) in [5.41, 5.74) is 2.42. The van der Waals surface area contributed by atoms with Crippen molar-refractivity contribution in [2.45, 2.75) is 103 Å². The second-order valence-electron chi connectivity index (χ2n) is 10.4. The highest BCUT2D eigenvalue weighted by Gasteiger charge is 2.16. The Morgan fingerprint density at radius 2 is 0.947 bits per heavy atom. The standard InChI is InChI=1S/C28H46N2O6P2/c31-37(32,33)25-13-9-5-1-3-7-11-19-29-21-15-27(16-22-29)28-17-23-30(24-18-28)20-12-8-4-2-6-10-14-26-38(34,35)36/h15-18,21-24H,1-14,19-20,25-26H2,(H2-2,31,32,33,34,35,36)/p+2. The van der Waals surface area contributed by atoms with Gasteiger partial charge in [-0.2, -0.15) is 0 Å². The summed E-state index contributed by atoms with van der Waals surface area (Å²) in [6.45, 7) is 2.00. The van der Waals surface area contributed by atoms with Gasteiger partial charge in [0, 0.05) is 43.3 Å². The van der Waals surface area contributed by atoms with Gasteiger partial charge < -0.3 is 14.7 Å². The van der Waals surface area contributed by atoms with Crippen LogP contribution in [-0.2, 0) is 17.7 Å². The van der Waals surface area contributed by atoms with Crippen molar-refractivity contribution in [3.05, 3.63) is 49.1 Å².